The van der Waals surface area contributed by atoms with Gasteiger partial charge in [0.1, 0.15) is 0 Å². The number of nitrogens with zero attached hydrogens (tertiary/aromatic N) is 1. The van der Waals surface area contributed by atoms with Crippen molar-refractivity contribution in [3.05, 3.63) is 37.5 Å². The maximum Gasteiger partial charge on any atom is 0.0958 e. The third-order valence-electron chi connectivity index (χ3n) is 3.20. The summed E-state index contributed by atoms with van der Waals surface area (Å²) < 4.78 is 0. The normalized spacial score (nSPS) is 13.8. The molecular weight excluding hydrogens is 274 g/mol. The number of hydrogen-bond donors (Lipinski definition) is 1. The Morgan fingerprint density at radius 3 is 2.47 bits per heavy atom. The van der Waals surface area contributed by atoms with Crippen LogP contribution in [0.3, 0.4) is 0 Å². The number of aliphatic hydroxyl groups excluding tert-OH is 1. The first-order valence-electron chi connectivity index (χ1n) is 6.47. The Morgan fingerprint density at radius 1 is 1.32 bits per heavy atom. The zero-order valence-electron chi connectivity index (χ0n) is 12.2. The molecule has 1 N–H and O–H groups in total. The molecule has 1 unspecified atom stereocenters. The van der Waals surface area contributed by atoms with Gasteiger partial charge >= 0.3 is 0 Å². The lowest BCUT2D eigenvalue weighted by atomic mass is 9.93. The van der Waals surface area contributed by atoms with Gasteiger partial charge in [0.25, 0.3) is 0 Å². The van der Waals surface area contributed by atoms with Crippen molar-refractivity contribution in [3.8, 4) is 0 Å². The molecule has 0 amide bonds. The van der Waals surface area contributed by atoms with E-state index >= 15 is 0 Å². The molecule has 2 aromatic rings. The average Bonchev–Trinajstić information content (AvgIpc) is 2.86. The minimum Gasteiger partial charge on any atom is -0.387 e. The Hall–Kier alpha value is -0.710. The summed E-state index contributed by atoms with van der Waals surface area (Å²) in [5, 5.41) is 13.4. The molecule has 2 aromatic heterocycles. The Morgan fingerprint density at radius 2 is 2.00 bits per heavy atom. The second-order valence-electron chi connectivity index (χ2n) is 5.98. The molecule has 0 fully saturated rings. The van der Waals surface area contributed by atoms with Crippen LogP contribution in [0.15, 0.2) is 11.4 Å². The van der Waals surface area contributed by atoms with Crippen LogP contribution in [0.2, 0.25) is 0 Å². The topological polar surface area (TPSA) is 33.1 Å². The van der Waals surface area contributed by atoms with Crippen molar-refractivity contribution >= 4 is 22.7 Å². The zero-order chi connectivity index (χ0) is 14.2. The first-order chi connectivity index (χ1) is 8.77. The van der Waals surface area contributed by atoms with Gasteiger partial charge in [-0.25, -0.2) is 4.98 Å². The first-order valence-corrected chi connectivity index (χ1v) is 8.17. The van der Waals surface area contributed by atoms with E-state index in [0.29, 0.717) is 6.42 Å². The van der Waals surface area contributed by atoms with Crippen LogP contribution in [0.4, 0.5) is 0 Å². The lowest BCUT2D eigenvalue weighted by Crippen LogP contribution is -2.11. The largest absolute Gasteiger partial charge is 0.387 e. The summed E-state index contributed by atoms with van der Waals surface area (Å²) in [7, 11) is 0. The van der Waals surface area contributed by atoms with Crippen molar-refractivity contribution in [2.45, 2.75) is 52.6 Å². The second-order valence-corrected chi connectivity index (χ2v) is 8.21. The van der Waals surface area contributed by atoms with Crippen LogP contribution >= 0.6 is 22.7 Å². The fourth-order valence-corrected chi connectivity index (χ4v) is 3.87. The van der Waals surface area contributed by atoms with Gasteiger partial charge in [-0.05, 0) is 25.5 Å². The zero-order valence-corrected chi connectivity index (χ0v) is 13.8. The molecule has 2 rings (SSSR count). The van der Waals surface area contributed by atoms with Gasteiger partial charge in [0.2, 0.25) is 0 Å². The number of thiazole rings is 1. The van der Waals surface area contributed by atoms with Crippen LogP contribution in [0, 0.1) is 13.8 Å². The summed E-state index contributed by atoms with van der Waals surface area (Å²) in [5.74, 6) is 0. The molecule has 104 valence electrons. The molecule has 0 saturated heterocycles. The number of thiophene rings is 1. The minimum absolute atomic E-state index is 0.0792. The van der Waals surface area contributed by atoms with Crippen molar-refractivity contribution in [1.82, 2.24) is 4.98 Å². The predicted octanol–water partition coefficient (Wildman–Crippen LogP) is 4.40. The highest BCUT2D eigenvalue weighted by atomic mass is 32.1. The number of hydrogen-bond acceptors (Lipinski definition) is 4. The van der Waals surface area contributed by atoms with Gasteiger partial charge in [-0.1, -0.05) is 20.8 Å². The van der Waals surface area contributed by atoms with Gasteiger partial charge in [-0.3, -0.25) is 0 Å². The fraction of sp³-hybridized carbons (Fsp3) is 0.533. The second kappa shape index (κ2) is 5.35. The summed E-state index contributed by atoms with van der Waals surface area (Å²) in [6, 6.07) is 2.09. The molecule has 2 heterocycles. The summed E-state index contributed by atoms with van der Waals surface area (Å²) in [6.45, 7) is 10.7. The van der Waals surface area contributed by atoms with Crippen molar-refractivity contribution < 1.29 is 5.11 Å². The molecule has 1 atom stereocenters. The summed E-state index contributed by atoms with van der Waals surface area (Å²) in [4.78, 5) is 6.96. The lowest BCUT2D eigenvalue weighted by Gasteiger charge is -2.14. The first kappa shape index (κ1) is 14.7. The van der Waals surface area contributed by atoms with Crippen LogP contribution in [0.5, 0.6) is 0 Å². The van der Waals surface area contributed by atoms with Gasteiger partial charge in [0.05, 0.1) is 16.8 Å². The maximum absolute atomic E-state index is 10.3. The molecule has 0 bridgehead atoms. The van der Waals surface area contributed by atoms with E-state index in [9.17, 15) is 5.11 Å². The van der Waals surface area contributed by atoms with Crippen LogP contribution in [-0.4, -0.2) is 10.1 Å². The van der Waals surface area contributed by atoms with Gasteiger partial charge in [-0.15, -0.1) is 22.7 Å². The van der Waals surface area contributed by atoms with Gasteiger partial charge in [0, 0.05) is 27.0 Å². The molecule has 0 spiro atoms. The Kier molecular flexibility index (Phi) is 4.14. The highest BCUT2D eigenvalue weighted by Gasteiger charge is 2.19. The molecule has 4 heteroatoms. The SMILES string of the molecule is Cc1cc(C(O)Cc2nc(C(C)(C)C)cs2)sc1C. The molecule has 2 nitrogen and oxygen atoms in total. The average molecular weight is 295 g/mol. The maximum atomic E-state index is 10.3. The van der Waals surface area contributed by atoms with Crippen molar-refractivity contribution in [1.29, 1.82) is 0 Å². The monoisotopic (exact) mass is 295 g/mol. The van der Waals surface area contributed by atoms with E-state index in [1.165, 1.54) is 10.4 Å². The van der Waals surface area contributed by atoms with E-state index in [4.69, 9.17) is 0 Å². The number of aliphatic hydroxyl groups is 1. The molecule has 19 heavy (non-hydrogen) atoms. The molecular formula is C15H21NOS2. The summed E-state index contributed by atoms with van der Waals surface area (Å²) in [6.07, 6.45) is 0.177. The minimum atomic E-state index is -0.434. The summed E-state index contributed by atoms with van der Waals surface area (Å²) >= 11 is 3.32. The van der Waals surface area contributed by atoms with Crippen LogP contribution < -0.4 is 0 Å². The van der Waals surface area contributed by atoms with Crippen LogP contribution in [0.1, 0.15) is 52.9 Å². The van der Waals surface area contributed by atoms with E-state index in [0.717, 1.165) is 15.6 Å². The van der Waals surface area contributed by atoms with Crippen molar-refractivity contribution in [2.24, 2.45) is 0 Å². The van der Waals surface area contributed by atoms with Gasteiger partial charge in [0.15, 0.2) is 0 Å². The van der Waals surface area contributed by atoms with Gasteiger partial charge < -0.3 is 5.11 Å². The third-order valence-corrected chi connectivity index (χ3v) is 5.33. The van der Waals surface area contributed by atoms with E-state index < -0.39 is 6.10 Å². The highest BCUT2D eigenvalue weighted by molar-refractivity contribution is 7.12. The summed E-state index contributed by atoms with van der Waals surface area (Å²) in [5.41, 5.74) is 2.45. The Balaban J connectivity index is 2.11. The standard InChI is InChI=1S/C15H21NOS2/c1-9-6-12(19-10(9)2)11(17)7-14-16-13(8-18-14)15(3,4)5/h6,8,11,17H,7H2,1-5H3. The van der Waals surface area contributed by atoms with E-state index in [2.05, 4.69) is 51.0 Å². The molecule has 0 aromatic carbocycles. The molecule has 0 saturated carbocycles. The number of aromatic nitrogens is 1. The van der Waals surface area contributed by atoms with E-state index in [1.54, 1.807) is 22.7 Å². The third kappa shape index (κ3) is 3.44. The fourth-order valence-electron chi connectivity index (χ4n) is 1.78. The Labute approximate surface area is 123 Å². The molecule has 0 aliphatic carbocycles. The number of rotatable bonds is 3. The van der Waals surface area contributed by atoms with Crippen LogP contribution in [-0.2, 0) is 11.8 Å². The quantitative estimate of drug-likeness (QED) is 0.910. The Bertz CT molecular complexity index is 543. The lowest BCUT2D eigenvalue weighted by molar-refractivity contribution is 0.182. The predicted molar refractivity (Wildman–Crippen MR) is 83.3 cm³/mol. The molecule has 0 radical (unpaired) electrons. The highest BCUT2D eigenvalue weighted by Crippen LogP contribution is 2.30. The molecule has 0 aliphatic rings. The number of aryl methyl sites for hydroxylation is 2. The smallest absolute Gasteiger partial charge is 0.0958 e. The van der Waals surface area contributed by atoms with Crippen molar-refractivity contribution in [2.75, 3.05) is 0 Å². The molecule has 0 aliphatic heterocycles. The van der Waals surface area contributed by atoms with Crippen molar-refractivity contribution in [3.63, 3.8) is 0 Å². The van der Waals surface area contributed by atoms with Crippen LogP contribution in [0.25, 0.3) is 0 Å². The van der Waals surface area contributed by atoms with E-state index in [1.807, 2.05) is 0 Å². The van der Waals surface area contributed by atoms with Gasteiger partial charge in [-0.2, -0.15) is 0 Å². The van der Waals surface area contributed by atoms with E-state index in [-0.39, 0.29) is 5.41 Å².